The van der Waals surface area contributed by atoms with Crippen LogP contribution in [0.4, 0.5) is 13.2 Å². The molecule has 1 aromatic carbocycles. The average molecular weight is 408 g/mol. The number of alkyl halides is 3. The number of carbonyl (C=O) groups is 1. The highest BCUT2D eigenvalue weighted by Gasteiger charge is 2.27. The van der Waals surface area contributed by atoms with Gasteiger partial charge in [0, 0.05) is 15.7 Å². The van der Waals surface area contributed by atoms with Crippen LogP contribution in [0, 0.1) is 3.57 Å². The van der Waals surface area contributed by atoms with E-state index >= 15 is 0 Å². The van der Waals surface area contributed by atoms with Gasteiger partial charge in [-0.15, -0.1) is 0 Å². The van der Waals surface area contributed by atoms with E-state index in [0.717, 1.165) is 3.57 Å². The van der Waals surface area contributed by atoms with Crippen molar-refractivity contribution in [1.29, 1.82) is 0 Å². The van der Waals surface area contributed by atoms with E-state index in [9.17, 15) is 18.0 Å². The zero-order valence-corrected chi connectivity index (χ0v) is 12.5. The van der Waals surface area contributed by atoms with Crippen LogP contribution in [0.5, 0.6) is 0 Å². The summed E-state index contributed by atoms with van der Waals surface area (Å²) in [6.07, 6.45) is -4.35. The number of rotatable bonds is 5. The van der Waals surface area contributed by atoms with Gasteiger partial charge in [-0.2, -0.15) is 13.2 Å². The summed E-state index contributed by atoms with van der Waals surface area (Å²) in [5, 5.41) is 2.89. The van der Waals surface area contributed by atoms with E-state index in [1.165, 1.54) is 6.07 Å². The minimum Gasteiger partial charge on any atom is -0.370 e. The Morgan fingerprint density at radius 3 is 2.68 bits per heavy atom. The molecule has 1 rings (SSSR count). The molecule has 8 heteroatoms. The molecule has 1 N–H and O–H groups in total. The lowest BCUT2D eigenvalue weighted by Gasteiger charge is -2.09. The van der Waals surface area contributed by atoms with Gasteiger partial charge >= 0.3 is 6.18 Å². The van der Waals surface area contributed by atoms with Gasteiger partial charge in [0.25, 0.3) is 5.91 Å². The fourth-order valence-electron chi connectivity index (χ4n) is 1.16. The first-order chi connectivity index (χ1) is 8.79. The molecule has 0 fully saturated rings. The molecule has 3 nitrogen and oxygen atoms in total. The van der Waals surface area contributed by atoms with E-state index in [-0.39, 0.29) is 13.2 Å². The molecule has 0 aliphatic carbocycles. The van der Waals surface area contributed by atoms with E-state index in [1.807, 2.05) is 22.6 Å². The zero-order valence-electron chi connectivity index (χ0n) is 9.56. The Morgan fingerprint density at radius 2 is 2.11 bits per heavy atom. The SMILES string of the molecule is O=C(NCCOCC(F)(F)F)c1ccc(I)c(Cl)c1. The molecule has 0 bridgehead atoms. The van der Waals surface area contributed by atoms with Gasteiger partial charge in [-0.1, -0.05) is 11.6 Å². The molecule has 19 heavy (non-hydrogen) atoms. The van der Waals surface area contributed by atoms with Crippen molar-refractivity contribution in [2.45, 2.75) is 6.18 Å². The zero-order chi connectivity index (χ0) is 14.5. The van der Waals surface area contributed by atoms with Crippen LogP contribution in [0.2, 0.25) is 5.02 Å². The van der Waals surface area contributed by atoms with Crippen molar-refractivity contribution in [3.05, 3.63) is 32.4 Å². The van der Waals surface area contributed by atoms with Crippen LogP contribution >= 0.6 is 34.2 Å². The predicted octanol–water partition coefficient (Wildman–Crippen LogP) is 3.25. The van der Waals surface area contributed by atoms with Crippen molar-refractivity contribution in [3.63, 3.8) is 0 Å². The van der Waals surface area contributed by atoms with Crippen LogP contribution in [0.1, 0.15) is 10.4 Å². The molecule has 0 spiro atoms. The fourth-order valence-corrected chi connectivity index (χ4v) is 1.68. The Hall–Kier alpha value is -0.540. The lowest BCUT2D eigenvalue weighted by molar-refractivity contribution is -0.173. The van der Waals surface area contributed by atoms with Crippen molar-refractivity contribution in [2.24, 2.45) is 0 Å². The summed E-state index contributed by atoms with van der Waals surface area (Å²) in [7, 11) is 0. The van der Waals surface area contributed by atoms with Crippen LogP contribution in [0.25, 0.3) is 0 Å². The quantitative estimate of drug-likeness (QED) is 0.601. The molecule has 1 aromatic rings. The molecular formula is C11H10ClF3INO2. The second kappa shape index (κ2) is 7.30. The fraction of sp³-hybridized carbons (Fsp3) is 0.364. The molecule has 0 saturated heterocycles. The monoisotopic (exact) mass is 407 g/mol. The standard InChI is InChI=1S/C11H10ClF3INO2/c12-8-5-7(1-2-9(8)16)10(18)17-3-4-19-6-11(13,14)15/h1-2,5H,3-4,6H2,(H,17,18). The highest BCUT2D eigenvalue weighted by atomic mass is 127. The first-order valence-corrected chi connectivity index (χ1v) is 6.63. The summed E-state index contributed by atoms with van der Waals surface area (Å²) < 4.78 is 40.5. The highest BCUT2D eigenvalue weighted by molar-refractivity contribution is 14.1. The second-order valence-corrected chi connectivity index (χ2v) is 5.12. The van der Waals surface area contributed by atoms with Crippen molar-refractivity contribution in [1.82, 2.24) is 5.32 Å². The Kier molecular flexibility index (Phi) is 6.34. The van der Waals surface area contributed by atoms with E-state index in [2.05, 4.69) is 10.1 Å². The second-order valence-electron chi connectivity index (χ2n) is 3.55. The van der Waals surface area contributed by atoms with Gasteiger partial charge in [0.15, 0.2) is 0 Å². The molecule has 0 unspecified atom stereocenters. The lowest BCUT2D eigenvalue weighted by atomic mass is 10.2. The van der Waals surface area contributed by atoms with Gasteiger partial charge in [0.05, 0.1) is 11.6 Å². The minimum absolute atomic E-state index is 0.00147. The van der Waals surface area contributed by atoms with Gasteiger partial charge in [-0.3, -0.25) is 4.79 Å². The largest absolute Gasteiger partial charge is 0.411 e. The maximum atomic E-state index is 11.8. The van der Waals surface area contributed by atoms with E-state index in [4.69, 9.17) is 11.6 Å². The summed E-state index contributed by atoms with van der Waals surface area (Å²) in [6, 6.07) is 4.76. The number of amides is 1. The molecular weight excluding hydrogens is 397 g/mol. The summed E-state index contributed by atoms with van der Waals surface area (Å²) in [4.78, 5) is 11.6. The van der Waals surface area contributed by atoms with Gasteiger partial charge in [-0.05, 0) is 40.8 Å². The topological polar surface area (TPSA) is 38.3 Å². The van der Waals surface area contributed by atoms with Crippen LogP contribution in [-0.2, 0) is 4.74 Å². The molecule has 0 aliphatic rings. The Labute approximate surface area is 126 Å². The van der Waals surface area contributed by atoms with Gasteiger partial charge in [-0.25, -0.2) is 0 Å². The Bertz CT molecular complexity index is 454. The Morgan fingerprint density at radius 1 is 1.42 bits per heavy atom. The van der Waals surface area contributed by atoms with E-state index in [1.54, 1.807) is 12.1 Å². The molecule has 0 saturated carbocycles. The van der Waals surface area contributed by atoms with Crippen LogP contribution < -0.4 is 5.32 Å². The third kappa shape index (κ3) is 6.44. The third-order valence-corrected chi connectivity index (χ3v) is 3.55. The number of nitrogens with one attached hydrogen (secondary N) is 1. The molecule has 0 heterocycles. The minimum atomic E-state index is -4.35. The highest BCUT2D eigenvalue weighted by Crippen LogP contribution is 2.19. The molecule has 1 amide bonds. The lowest BCUT2D eigenvalue weighted by Crippen LogP contribution is -2.28. The summed E-state index contributed by atoms with van der Waals surface area (Å²) in [5.74, 6) is -0.408. The van der Waals surface area contributed by atoms with Crippen molar-refractivity contribution in [2.75, 3.05) is 19.8 Å². The maximum absolute atomic E-state index is 11.8. The predicted molar refractivity (Wildman–Crippen MR) is 73.4 cm³/mol. The van der Waals surface area contributed by atoms with Crippen LogP contribution in [0.3, 0.4) is 0 Å². The number of benzene rings is 1. The molecule has 0 aliphatic heterocycles. The molecule has 0 aromatic heterocycles. The first kappa shape index (κ1) is 16.5. The van der Waals surface area contributed by atoms with Crippen LogP contribution in [0.15, 0.2) is 18.2 Å². The number of halogens is 5. The average Bonchev–Trinajstić information content (AvgIpc) is 2.30. The van der Waals surface area contributed by atoms with Crippen molar-refractivity contribution in [3.8, 4) is 0 Å². The molecule has 0 radical (unpaired) electrons. The van der Waals surface area contributed by atoms with E-state index < -0.39 is 18.7 Å². The van der Waals surface area contributed by atoms with Gasteiger partial charge < -0.3 is 10.1 Å². The van der Waals surface area contributed by atoms with Crippen molar-refractivity contribution < 1.29 is 22.7 Å². The van der Waals surface area contributed by atoms with E-state index in [0.29, 0.717) is 10.6 Å². The molecule has 0 atom stereocenters. The Balaban J connectivity index is 2.33. The van der Waals surface area contributed by atoms with Crippen LogP contribution in [-0.4, -0.2) is 31.8 Å². The molecule has 106 valence electrons. The summed E-state index contributed by atoms with van der Waals surface area (Å²) >= 11 is 7.88. The first-order valence-electron chi connectivity index (χ1n) is 5.17. The number of hydrogen-bond acceptors (Lipinski definition) is 2. The van der Waals surface area contributed by atoms with Gasteiger partial charge in [0.2, 0.25) is 0 Å². The number of carbonyl (C=O) groups excluding carboxylic acids is 1. The number of hydrogen-bond donors (Lipinski definition) is 1. The normalized spacial score (nSPS) is 11.4. The van der Waals surface area contributed by atoms with Gasteiger partial charge in [0.1, 0.15) is 6.61 Å². The summed E-state index contributed by atoms with van der Waals surface area (Å²) in [5.41, 5.74) is 0.348. The maximum Gasteiger partial charge on any atom is 0.411 e. The number of ether oxygens (including phenoxy) is 1. The third-order valence-electron chi connectivity index (χ3n) is 1.98. The summed E-state index contributed by atoms with van der Waals surface area (Å²) in [6.45, 7) is -1.53. The smallest absolute Gasteiger partial charge is 0.370 e. The van der Waals surface area contributed by atoms with Crippen molar-refractivity contribution >= 4 is 40.1 Å².